The predicted octanol–water partition coefficient (Wildman–Crippen LogP) is 3.74. The van der Waals surface area contributed by atoms with E-state index < -0.39 is 12.8 Å². The van der Waals surface area contributed by atoms with Crippen molar-refractivity contribution in [2.24, 2.45) is 4.99 Å². The maximum absolute atomic E-state index is 12.1. The van der Waals surface area contributed by atoms with Crippen molar-refractivity contribution in [2.45, 2.75) is 32.5 Å². The van der Waals surface area contributed by atoms with Gasteiger partial charge in [-0.3, -0.25) is 4.99 Å². The van der Waals surface area contributed by atoms with Gasteiger partial charge in [-0.25, -0.2) is 0 Å². The minimum absolute atomic E-state index is 0. The Bertz CT molecular complexity index is 558. The molecule has 29 heavy (non-hydrogen) atoms. The lowest BCUT2D eigenvalue weighted by Gasteiger charge is -2.13. The van der Waals surface area contributed by atoms with Gasteiger partial charge in [0.05, 0.1) is 19.8 Å². The Labute approximate surface area is 187 Å². The third kappa shape index (κ3) is 15.3. The van der Waals surface area contributed by atoms with Crippen molar-refractivity contribution in [1.82, 2.24) is 10.6 Å². The number of hydrogen-bond donors (Lipinski definition) is 2. The van der Waals surface area contributed by atoms with Gasteiger partial charge in [0.1, 0.15) is 5.75 Å². The Balaban J connectivity index is 0.00000784. The largest absolute Gasteiger partial charge is 0.484 e. The lowest BCUT2D eigenvalue weighted by molar-refractivity contribution is -0.153. The highest BCUT2D eigenvalue weighted by Crippen LogP contribution is 2.18. The standard InChI is InChI=1S/C19H30F3N3O3.HI/c1-3-4-10-26-12-13-27-11-9-24-18(23-2)25-14-16-5-7-17(8-6-16)28-15-19(20,21)22;/h5-8H,3-4,9-15H2,1-2H3,(H2,23,24,25);1H. The first-order chi connectivity index (χ1) is 13.4. The molecule has 0 fully saturated rings. The van der Waals surface area contributed by atoms with E-state index in [1.54, 1.807) is 19.2 Å². The topological polar surface area (TPSA) is 64.1 Å². The first-order valence-electron chi connectivity index (χ1n) is 9.33. The van der Waals surface area contributed by atoms with Gasteiger partial charge in [0.25, 0.3) is 0 Å². The molecule has 1 rings (SSSR count). The van der Waals surface area contributed by atoms with Crippen LogP contribution in [0.25, 0.3) is 0 Å². The number of ether oxygens (including phenoxy) is 3. The quantitative estimate of drug-likeness (QED) is 0.175. The van der Waals surface area contributed by atoms with Gasteiger partial charge < -0.3 is 24.8 Å². The van der Waals surface area contributed by atoms with E-state index in [4.69, 9.17) is 9.47 Å². The fraction of sp³-hybridized carbons (Fsp3) is 0.632. The number of guanidine groups is 1. The predicted molar refractivity (Wildman–Crippen MR) is 118 cm³/mol. The summed E-state index contributed by atoms with van der Waals surface area (Å²) in [7, 11) is 1.66. The number of nitrogens with one attached hydrogen (secondary N) is 2. The molecule has 0 aliphatic heterocycles. The van der Waals surface area contributed by atoms with Crippen LogP contribution in [0, 0.1) is 0 Å². The SMILES string of the molecule is CCCCOCCOCCNC(=NC)NCc1ccc(OCC(F)(F)F)cc1.I. The van der Waals surface area contributed by atoms with Crippen molar-refractivity contribution in [1.29, 1.82) is 0 Å². The van der Waals surface area contributed by atoms with Crippen LogP contribution in [-0.4, -0.2) is 58.8 Å². The Kier molecular flexibility index (Phi) is 15.8. The summed E-state index contributed by atoms with van der Waals surface area (Å²) in [5, 5.41) is 6.25. The molecule has 0 saturated heterocycles. The van der Waals surface area contributed by atoms with Crippen LogP contribution in [0.3, 0.4) is 0 Å². The number of unbranched alkanes of at least 4 members (excludes halogenated alkanes) is 1. The van der Waals surface area contributed by atoms with E-state index in [1.807, 2.05) is 0 Å². The molecule has 0 atom stereocenters. The van der Waals surface area contributed by atoms with Crippen LogP contribution < -0.4 is 15.4 Å². The molecule has 6 nitrogen and oxygen atoms in total. The Morgan fingerprint density at radius 2 is 1.66 bits per heavy atom. The number of rotatable bonds is 13. The average molecular weight is 533 g/mol. The average Bonchev–Trinajstić information content (AvgIpc) is 2.67. The highest BCUT2D eigenvalue weighted by molar-refractivity contribution is 14.0. The Hall–Kier alpha value is -1.27. The zero-order valence-electron chi connectivity index (χ0n) is 16.9. The van der Waals surface area contributed by atoms with Gasteiger partial charge in [0, 0.05) is 26.7 Å². The molecular formula is C19H31F3IN3O3. The zero-order chi connectivity index (χ0) is 20.7. The van der Waals surface area contributed by atoms with E-state index in [0.717, 1.165) is 25.0 Å². The number of benzene rings is 1. The van der Waals surface area contributed by atoms with Crippen LogP contribution in [0.15, 0.2) is 29.3 Å². The normalized spacial score (nSPS) is 11.7. The lowest BCUT2D eigenvalue weighted by Crippen LogP contribution is -2.38. The molecule has 0 aliphatic carbocycles. The summed E-state index contributed by atoms with van der Waals surface area (Å²) in [6.07, 6.45) is -2.16. The molecule has 0 amide bonds. The smallest absolute Gasteiger partial charge is 0.422 e. The molecule has 0 saturated carbocycles. The molecule has 0 radical (unpaired) electrons. The molecule has 0 spiro atoms. The van der Waals surface area contributed by atoms with Gasteiger partial charge in [-0.15, -0.1) is 24.0 Å². The monoisotopic (exact) mass is 533 g/mol. The summed E-state index contributed by atoms with van der Waals surface area (Å²) < 4.78 is 51.9. The van der Waals surface area contributed by atoms with E-state index in [2.05, 4.69) is 27.3 Å². The molecule has 0 unspecified atom stereocenters. The fourth-order valence-corrected chi connectivity index (χ4v) is 2.09. The van der Waals surface area contributed by atoms with E-state index in [9.17, 15) is 13.2 Å². The van der Waals surface area contributed by atoms with Crippen LogP contribution in [0.5, 0.6) is 5.75 Å². The number of alkyl halides is 3. The molecule has 0 aromatic heterocycles. The summed E-state index contributed by atoms with van der Waals surface area (Å²) in [6.45, 7) is 4.34. The molecular weight excluding hydrogens is 502 g/mol. The molecule has 1 aromatic carbocycles. The van der Waals surface area contributed by atoms with Crippen LogP contribution in [0.4, 0.5) is 13.2 Å². The number of aliphatic imine (C=N–C) groups is 1. The Morgan fingerprint density at radius 1 is 1.00 bits per heavy atom. The van der Waals surface area contributed by atoms with Crippen molar-refractivity contribution in [2.75, 3.05) is 46.6 Å². The number of halogens is 4. The maximum atomic E-state index is 12.1. The minimum atomic E-state index is -4.34. The second-order valence-electron chi connectivity index (χ2n) is 5.98. The highest BCUT2D eigenvalue weighted by Gasteiger charge is 2.28. The molecule has 10 heteroatoms. The highest BCUT2D eigenvalue weighted by atomic mass is 127. The van der Waals surface area contributed by atoms with Gasteiger partial charge >= 0.3 is 6.18 Å². The summed E-state index contributed by atoms with van der Waals surface area (Å²) >= 11 is 0. The minimum Gasteiger partial charge on any atom is -0.484 e. The fourth-order valence-electron chi connectivity index (χ4n) is 2.09. The molecule has 0 aliphatic rings. The van der Waals surface area contributed by atoms with Crippen molar-refractivity contribution < 1.29 is 27.4 Å². The van der Waals surface area contributed by atoms with Crippen LogP contribution >= 0.6 is 24.0 Å². The van der Waals surface area contributed by atoms with Gasteiger partial charge in [0.2, 0.25) is 0 Å². The van der Waals surface area contributed by atoms with Gasteiger partial charge in [0.15, 0.2) is 12.6 Å². The summed E-state index contributed by atoms with van der Waals surface area (Å²) in [5.74, 6) is 0.791. The zero-order valence-corrected chi connectivity index (χ0v) is 19.2. The van der Waals surface area contributed by atoms with Crippen molar-refractivity contribution >= 4 is 29.9 Å². The Morgan fingerprint density at radius 3 is 2.24 bits per heavy atom. The third-order valence-corrected chi connectivity index (χ3v) is 3.56. The molecule has 2 N–H and O–H groups in total. The summed E-state index contributed by atoms with van der Waals surface area (Å²) in [4.78, 5) is 4.11. The van der Waals surface area contributed by atoms with Crippen molar-refractivity contribution in [3.05, 3.63) is 29.8 Å². The second-order valence-corrected chi connectivity index (χ2v) is 5.98. The molecule has 168 valence electrons. The number of hydrogen-bond acceptors (Lipinski definition) is 4. The molecule has 0 bridgehead atoms. The molecule has 1 aromatic rings. The third-order valence-electron chi connectivity index (χ3n) is 3.56. The lowest BCUT2D eigenvalue weighted by atomic mass is 10.2. The number of nitrogens with zero attached hydrogens (tertiary/aromatic N) is 1. The van der Waals surface area contributed by atoms with E-state index >= 15 is 0 Å². The maximum Gasteiger partial charge on any atom is 0.422 e. The van der Waals surface area contributed by atoms with Crippen LogP contribution in [0.1, 0.15) is 25.3 Å². The molecule has 0 heterocycles. The first-order valence-corrected chi connectivity index (χ1v) is 9.33. The van der Waals surface area contributed by atoms with E-state index in [0.29, 0.717) is 38.9 Å². The van der Waals surface area contributed by atoms with Gasteiger partial charge in [-0.2, -0.15) is 13.2 Å². The summed E-state index contributed by atoms with van der Waals surface area (Å²) in [5.41, 5.74) is 0.891. The van der Waals surface area contributed by atoms with Crippen molar-refractivity contribution in [3.63, 3.8) is 0 Å². The summed E-state index contributed by atoms with van der Waals surface area (Å²) in [6, 6.07) is 6.42. The van der Waals surface area contributed by atoms with Gasteiger partial charge in [-0.1, -0.05) is 25.5 Å². The first kappa shape index (κ1) is 27.7. The van der Waals surface area contributed by atoms with E-state index in [1.165, 1.54) is 12.1 Å². The van der Waals surface area contributed by atoms with Crippen molar-refractivity contribution in [3.8, 4) is 5.75 Å². The second kappa shape index (κ2) is 16.5. The van der Waals surface area contributed by atoms with Crippen LogP contribution in [-0.2, 0) is 16.0 Å². The van der Waals surface area contributed by atoms with Gasteiger partial charge in [-0.05, 0) is 24.1 Å². The van der Waals surface area contributed by atoms with E-state index in [-0.39, 0.29) is 29.7 Å². The van der Waals surface area contributed by atoms with Crippen LogP contribution in [0.2, 0.25) is 0 Å².